The maximum Gasteiger partial charge on any atom is 1.00 e. The zero-order valence-electron chi connectivity index (χ0n) is 8.39. The second kappa shape index (κ2) is 10.3. The molecule has 0 N–H and O–H groups in total. The first-order valence-corrected chi connectivity index (χ1v) is 3.80. The fourth-order valence-corrected chi connectivity index (χ4v) is 0.835. The molecule has 0 aliphatic rings. The van der Waals surface area contributed by atoms with Gasteiger partial charge in [-0.3, -0.25) is 0 Å². The molecule has 0 aromatic heterocycles. The first-order chi connectivity index (χ1) is 4.35. The molecule has 1 atom stereocenters. The van der Waals surface area contributed by atoms with E-state index in [4.69, 9.17) is 0 Å². The second-order valence-electron chi connectivity index (χ2n) is 2.45. The van der Waals surface area contributed by atoms with Crippen LogP contribution in [0.2, 0.25) is 0 Å². The van der Waals surface area contributed by atoms with Gasteiger partial charge in [0.05, 0.1) is 0 Å². The predicted octanol–water partition coefficient (Wildman–Crippen LogP) is -0.482. The van der Waals surface area contributed by atoms with E-state index in [9.17, 15) is 4.79 Å². The van der Waals surface area contributed by atoms with Gasteiger partial charge in [0.2, 0.25) is 0 Å². The number of rotatable bonds is 5. The molecule has 10 heavy (non-hydrogen) atoms. The molecule has 0 aliphatic heterocycles. The maximum atomic E-state index is 10.2. The van der Waals surface area contributed by atoms with E-state index in [1.165, 1.54) is 12.8 Å². The van der Waals surface area contributed by atoms with Crippen molar-refractivity contribution in [3.8, 4) is 0 Å². The Hall–Kier alpha value is 1.31. The molecule has 1 unspecified atom stereocenters. The van der Waals surface area contributed by atoms with E-state index in [1.807, 2.05) is 0 Å². The summed E-state index contributed by atoms with van der Waals surface area (Å²) in [5.41, 5.74) is 0. The molecule has 0 spiro atoms. The van der Waals surface area contributed by atoms with Gasteiger partial charge >= 0.3 is 51.4 Å². The molecule has 0 radical (unpaired) electrons. The van der Waals surface area contributed by atoms with E-state index < -0.39 is 0 Å². The van der Waals surface area contributed by atoms with Crippen LogP contribution < -0.4 is 51.4 Å². The van der Waals surface area contributed by atoms with Crippen molar-refractivity contribution < 1.29 is 57.6 Å². The molecular weight excluding hydrogens is 151 g/mol. The van der Waals surface area contributed by atoms with Crippen LogP contribution in [0.4, 0.5) is 0 Å². The average molecular weight is 168 g/mol. The molecule has 0 aliphatic carbocycles. The summed E-state index contributed by atoms with van der Waals surface area (Å²) in [6, 6.07) is 0. The molecule has 0 saturated carbocycles. The summed E-state index contributed by atoms with van der Waals surface area (Å²) in [6.45, 7) is 4.21. The molecular formula is C8H17KO. The van der Waals surface area contributed by atoms with Gasteiger partial charge in [0.1, 0.15) is 6.29 Å². The van der Waals surface area contributed by atoms with Crippen LogP contribution in [0.15, 0.2) is 0 Å². The summed E-state index contributed by atoms with van der Waals surface area (Å²) in [7, 11) is 0. The number of aldehydes is 1. The van der Waals surface area contributed by atoms with E-state index in [1.54, 1.807) is 0 Å². The van der Waals surface area contributed by atoms with Crippen molar-refractivity contribution >= 4 is 6.29 Å². The van der Waals surface area contributed by atoms with Gasteiger partial charge < -0.3 is 6.22 Å². The SMILES string of the molecule is CCCCC(C=O)CC.[H-].[K+]. The van der Waals surface area contributed by atoms with E-state index in [-0.39, 0.29) is 52.8 Å². The Labute approximate surface area is 108 Å². The van der Waals surface area contributed by atoms with Crippen molar-refractivity contribution in [1.82, 2.24) is 0 Å². The Bertz CT molecular complexity index is 78.5. The molecule has 1 nitrogen and oxygen atoms in total. The van der Waals surface area contributed by atoms with Crippen LogP contribution in [0.25, 0.3) is 0 Å². The minimum absolute atomic E-state index is 0. The standard InChI is InChI=1S/C8H16O.K.H/c1-3-5-6-8(4-2)7-9;;/h7-8H,3-6H2,1-2H3;;/q;+1;-1. The van der Waals surface area contributed by atoms with Crippen molar-refractivity contribution in [1.29, 1.82) is 0 Å². The fraction of sp³-hybridized carbons (Fsp3) is 0.875. The van der Waals surface area contributed by atoms with Gasteiger partial charge in [0.15, 0.2) is 0 Å². The average Bonchev–Trinajstić information content (AvgIpc) is 1.91. The molecule has 0 aromatic carbocycles. The zero-order chi connectivity index (χ0) is 7.11. The van der Waals surface area contributed by atoms with Crippen LogP contribution >= 0.6 is 0 Å². The third-order valence-electron chi connectivity index (χ3n) is 1.65. The summed E-state index contributed by atoms with van der Waals surface area (Å²) >= 11 is 0. The molecule has 0 bridgehead atoms. The van der Waals surface area contributed by atoms with Crippen LogP contribution in [0, 0.1) is 5.92 Å². The third kappa shape index (κ3) is 7.41. The summed E-state index contributed by atoms with van der Waals surface area (Å²) in [4.78, 5) is 10.2. The van der Waals surface area contributed by atoms with E-state index >= 15 is 0 Å². The van der Waals surface area contributed by atoms with Crippen LogP contribution in [-0.4, -0.2) is 6.29 Å². The molecule has 0 aromatic rings. The summed E-state index contributed by atoms with van der Waals surface area (Å²) in [5, 5.41) is 0. The van der Waals surface area contributed by atoms with Gasteiger partial charge in [-0.2, -0.15) is 0 Å². The number of carbonyl (C=O) groups is 1. The molecule has 0 amide bonds. The zero-order valence-corrected chi connectivity index (χ0v) is 10.5. The van der Waals surface area contributed by atoms with Crippen LogP contribution in [0.5, 0.6) is 0 Å². The Kier molecular flexibility index (Phi) is 14.3. The molecule has 0 saturated heterocycles. The summed E-state index contributed by atoms with van der Waals surface area (Å²) in [5.74, 6) is 0.324. The van der Waals surface area contributed by atoms with E-state index in [2.05, 4.69) is 13.8 Å². The van der Waals surface area contributed by atoms with Crippen molar-refractivity contribution in [2.24, 2.45) is 5.92 Å². The third-order valence-corrected chi connectivity index (χ3v) is 1.65. The van der Waals surface area contributed by atoms with E-state index in [0.29, 0.717) is 5.92 Å². The van der Waals surface area contributed by atoms with Crippen molar-refractivity contribution in [3.63, 3.8) is 0 Å². The normalized spacial score (nSPS) is 11.8. The fourth-order valence-electron chi connectivity index (χ4n) is 0.835. The summed E-state index contributed by atoms with van der Waals surface area (Å²) < 4.78 is 0. The molecule has 0 rings (SSSR count). The van der Waals surface area contributed by atoms with Crippen molar-refractivity contribution in [3.05, 3.63) is 0 Å². The van der Waals surface area contributed by atoms with Gasteiger partial charge in [0.25, 0.3) is 0 Å². The Morgan fingerprint density at radius 3 is 2.40 bits per heavy atom. The number of hydrogen-bond acceptors (Lipinski definition) is 1. The quantitative estimate of drug-likeness (QED) is 0.400. The molecule has 56 valence electrons. The van der Waals surface area contributed by atoms with Crippen molar-refractivity contribution in [2.75, 3.05) is 0 Å². The van der Waals surface area contributed by atoms with Crippen LogP contribution in [0.3, 0.4) is 0 Å². The van der Waals surface area contributed by atoms with Crippen LogP contribution in [-0.2, 0) is 4.79 Å². The minimum Gasteiger partial charge on any atom is -1.00 e. The number of carbonyl (C=O) groups excluding carboxylic acids is 1. The number of hydrogen-bond donors (Lipinski definition) is 0. The first kappa shape index (κ1) is 13.9. The van der Waals surface area contributed by atoms with Gasteiger partial charge in [-0.1, -0.05) is 26.7 Å². The van der Waals surface area contributed by atoms with Crippen molar-refractivity contribution in [2.45, 2.75) is 39.5 Å². The maximum absolute atomic E-state index is 10.2. The van der Waals surface area contributed by atoms with Gasteiger partial charge in [-0.25, -0.2) is 0 Å². The number of unbranched alkanes of at least 4 members (excludes halogenated alkanes) is 1. The topological polar surface area (TPSA) is 17.1 Å². The summed E-state index contributed by atoms with van der Waals surface area (Å²) in [6.07, 6.45) is 5.55. The van der Waals surface area contributed by atoms with Gasteiger partial charge in [-0.05, 0) is 12.8 Å². The van der Waals surface area contributed by atoms with Crippen LogP contribution in [0.1, 0.15) is 41.0 Å². The first-order valence-electron chi connectivity index (χ1n) is 3.80. The second-order valence-corrected chi connectivity index (χ2v) is 2.45. The molecule has 0 fully saturated rings. The predicted molar refractivity (Wildman–Crippen MR) is 40.5 cm³/mol. The molecule has 0 heterocycles. The smallest absolute Gasteiger partial charge is 1.00 e. The largest absolute Gasteiger partial charge is 1.00 e. The van der Waals surface area contributed by atoms with Gasteiger partial charge in [-0.15, -0.1) is 0 Å². The Morgan fingerprint density at radius 1 is 1.50 bits per heavy atom. The minimum atomic E-state index is 0. The monoisotopic (exact) mass is 168 g/mol. The van der Waals surface area contributed by atoms with Gasteiger partial charge in [0, 0.05) is 5.92 Å². The Morgan fingerprint density at radius 2 is 2.10 bits per heavy atom. The van der Waals surface area contributed by atoms with E-state index in [0.717, 1.165) is 19.1 Å². The Balaban J connectivity index is -0.000000320. The molecule has 2 heteroatoms.